The number of unbranched alkanes of at least 4 members (excludes halogenated alkanes) is 2. The van der Waals surface area contributed by atoms with Crippen LogP contribution < -0.4 is 4.74 Å². The van der Waals surface area contributed by atoms with Crippen LogP contribution in [0.2, 0.25) is 0 Å². The monoisotopic (exact) mass is 209 g/mol. The molecular weight excluding hydrogens is 192 g/mol. The fourth-order valence-corrected chi connectivity index (χ4v) is 1.33. The number of rotatable bonds is 6. The van der Waals surface area contributed by atoms with Crippen LogP contribution in [-0.2, 0) is 11.7 Å². The van der Waals surface area contributed by atoms with Gasteiger partial charge in [-0.1, -0.05) is 31.9 Å². The van der Waals surface area contributed by atoms with Crippen LogP contribution in [0, 0.1) is 0 Å². The van der Waals surface area contributed by atoms with Gasteiger partial charge in [-0.3, -0.25) is 0 Å². The lowest BCUT2D eigenvalue weighted by Crippen LogP contribution is -1.98. The molecule has 0 saturated heterocycles. The van der Waals surface area contributed by atoms with Crippen molar-refractivity contribution in [3.63, 3.8) is 0 Å². The molecule has 1 aromatic carbocycles. The van der Waals surface area contributed by atoms with Crippen molar-refractivity contribution in [1.82, 2.24) is 0 Å². The first-order chi connectivity index (χ1) is 7.29. The molecule has 3 heteroatoms. The molecule has 1 radical (unpaired) electrons. The van der Waals surface area contributed by atoms with Gasteiger partial charge in [0.25, 0.3) is 0 Å². The first-order valence-electron chi connectivity index (χ1n) is 5.31. The van der Waals surface area contributed by atoms with Gasteiger partial charge in [-0.15, -0.1) is 0 Å². The topological polar surface area (TPSA) is 49.4 Å². The Hall–Kier alpha value is -1.22. The standard InChI is InChI=1S/C12H17O3/c1-2-3-4-8-15-11-7-5-6-10(9-13)12(11)14/h5-7,14H,2-4,8-9H2,1H3. The van der Waals surface area contributed by atoms with E-state index in [1.807, 2.05) is 0 Å². The average Bonchev–Trinajstić information content (AvgIpc) is 2.26. The molecule has 15 heavy (non-hydrogen) atoms. The Kier molecular flexibility index (Phi) is 4.98. The Morgan fingerprint density at radius 1 is 1.33 bits per heavy atom. The highest BCUT2D eigenvalue weighted by molar-refractivity contribution is 5.44. The summed E-state index contributed by atoms with van der Waals surface area (Å²) in [6.45, 7) is 2.29. The maximum Gasteiger partial charge on any atom is 0.163 e. The molecule has 0 fully saturated rings. The minimum Gasteiger partial charge on any atom is -0.504 e. The molecule has 0 saturated carbocycles. The van der Waals surface area contributed by atoms with Gasteiger partial charge in [0.05, 0.1) is 6.61 Å². The molecule has 0 aliphatic carbocycles. The van der Waals surface area contributed by atoms with Crippen LogP contribution in [0.3, 0.4) is 0 Å². The van der Waals surface area contributed by atoms with Gasteiger partial charge in [-0.05, 0) is 12.5 Å². The molecule has 0 aliphatic rings. The lowest BCUT2D eigenvalue weighted by atomic mass is 10.2. The lowest BCUT2D eigenvalue weighted by Gasteiger charge is -2.09. The number of phenolic OH excluding ortho intramolecular Hbond substituents is 1. The van der Waals surface area contributed by atoms with Crippen molar-refractivity contribution in [2.45, 2.75) is 32.8 Å². The highest BCUT2D eigenvalue weighted by Gasteiger charge is 2.06. The molecule has 3 nitrogen and oxygen atoms in total. The summed E-state index contributed by atoms with van der Waals surface area (Å²) in [5.74, 6) is 0.406. The van der Waals surface area contributed by atoms with E-state index < -0.39 is 6.61 Å². The molecule has 1 aromatic rings. The summed E-state index contributed by atoms with van der Waals surface area (Å²) in [7, 11) is 0. The Morgan fingerprint density at radius 3 is 2.80 bits per heavy atom. The molecule has 0 aliphatic heterocycles. The van der Waals surface area contributed by atoms with E-state index in [1.165, 1.54) is 0 Å². The highest BCUT2D eigenvalue weighted by Crippen LogP contribution is 2.29. The summed E-state index contributed by atoms with van der Waals surface area (Å²) in [5, 5.41) is 20.3. The zero-order valence-corrected chi connectivity index (χ0v) is 9.03. The Labute approximate surface area is 90.3 Å². The van der Waals surface area contributed by atoms with Crippen LogP contribution in [0.25, 0.3) is 0 Å². The molecule has 0 unspecified atom stereocenters. The molecule has 0 heterocycles. The van der Waals surface area contributed by atoms with Crippen LogP contribution in [0.15, 0.2) is 18.2 Å². The quantitative estimate of drug-likeness (QED) is 0.732. The molecule has 1 N–H and O–H groups in total. The van der Waals surface area contributed by atoms with Crippen LogP contribution in [0.4, 0.5) is 0 Å². The van der Waals surface area contributed by atoms with Gasteiger partial charge in [-0.25, -0.2) is 5.11 Å². The molecular formula is C12H17O3. The third kappa shape index (κ3) is 3.44. The number of hydrogen-bond donors (Lipinski definition) is 1. The average molecular weight is 209 g/mol. The van der Waals surface area contributed by atoms with Crippen molar-refractivity contribution >= 4 is 0 Å². The zero-order valence-electron chi connectivity index (χ0n) is 9.03. The minimum absolute atomic E-state index is 0.0102. The number of benzene rings is 1. The Morgan fingerprint density at radius 2 is 2.13 bits per heavy atom. The fraction of sp³-hybridized carbons (Fsp3) is 0.500. The van der Waals surface area contributed by atoms with E-state index in [1.54, 1.807) is 18.2 Å². The Bertz CT molecular complexity index is 297. The number of hydrogen-bond acceptors (Lipinski definition) is 2. The van der Waals surface area contributed by atoms with Crippen molar-refractivity contribution in [2.24, 2.45) is 0 Å². The van der Waals surface area contributed by atoms with E-state index in [0.29, 0.717) is 17.9 Å². The van der Waals surface area contributed by atoms with Gasteiger partial charge in [-0.2, -0.15) is 0 Å². The maximum absolute atomic E-state index is 10.7. The second-order valence-corrected chi connectivity index (χ2v) is 3.46. The van der Waals surface area contributed by atoms with E-state index in [0.717, 1.165) is 19.3 Å². The molecule has 0 bridgehead atoms. The van der Waals surface area contributed by atoms with Gasteiger partial charge in [0.1, 0.15) is 6.61 Å². The Balaban J connectivity index is 2.53. The van der Waals surface area contributed by atoms with Gasteiger partial charge in [0, 0.05) is 5.56 Å². The van der Waals surface area contributed by atoms with Crippen LogP contribution in [0.1, 0.15) is 31.7 Å². The molecule has 0 spiro atoms. The predicted octanol–water partition coefficient (Wildman–Crippen LogP) is 2.89. The summed E-state index contributed by atoms with van der Waals surface area (Å²) in [6.07, 6.45) is 3.22. The van der Waals surface area contributed by atoms with E-state index >= 15 is 0 Å². The van der Waals surface area contributed by atoms with Gasteiger partial charge in [0.15, 0.2) is 11.5 Å². The molecule has 0 atom stereocenters. The zero-order chi connectivity index (χ0) is 11.1. The van der Waals surface area contributed by atoms with E-state index in [-0.39, 0.29) is 5.75 Å². The number of para-hydroxylation sites is 1. The van der Waals surface area contributed by atoms with E-state index in [9.17, 15) is 10.2 Å². The minimum atomic E-state index is -0.419. The van der Waals surface area contributed by atoms with Crippen LogP contribution >= 0.6 is 0 Å². The first kappa shape index (κ1) is 11.9. The number of aromatic hydroxyl groups is 1. The number of phenols is 1. The predicted molar refractivity (Wildman–Crippen MR) is 57.5 cm³/mol. The molecule has 83 valence electrons. The van der Waals surface area contributed by atoms with Crippen molar-refractivity contribution in [3.05, 3.63) is 23.8 Å². The van der Waals surface area contributed by atoms with Crippen LogP contribution in [-0.4, -0.2) is 11.7 Å². The SMILES string of the molecule is CCCCCOc1cccc(C[O])c1O. The molecule has 1 rings (SSSR count). The molecule has 0 aromatic heterocycles. The van der Waals surface area contributed by atoms with Crippen molar-refractivity contribution in [1.29, 1.82) is 0 Å². The van der Waals surface area contributed by atoms with Crippen molar-refractivity contribution < 1.29 is 14.9 Å². The lowest BCUT2D eigenvalue weighted by molar-refractivity contribution is 0.173. The third-order valence-corrected chi connectivity index (χ3v) is 2.24. The van der Waals surface area contributed by atoms with E-state index in [2.05, 4.69) is 6.92 Å². The second-order valence-electron chi connectivity index (χ2n) is 3.46. The van der Waals surface area contributed by atoms with Gasteiger partial charge >= 0.3 is 0 Å². The molecule has 0 amide bonds. The first-order valence-corrected chi connectivity index (χ1v) is 5.31. The normalized spacial score (nSPS) is 10.3. The van der Waals surface area contributed by atoms with Crippen molar-refractivity contribution in [3.8, 4) is 11.5 Å². The third-order valence-electron chi connectivity index (χ3n) is 2.24. The van der Waals surface area contributed by atoms with E-state index in [4.69, 9.17) is 4.74 Å². The summed E-state index contributed by atoms with van der Waals surface area (Å²) >= 11 is 0. The van der Waals surface area contributed by atoms with Gasteiger partial charge < -0.3 is 9.84 Å². The fourth-order valence-electron chi connectivity index (χ4n) is 1.33. The smallest absolute Gasteiger partial charge is 0.163 e. The highest BCUT2D eigenvalue weighted by atomic mass is 16.5. The summed E-state index contributed by atoms with van der Waals surface area (Å²) < 4.78 is 5.39. The summed E-state index contributed by atoms with van der Waals surface area (Å²) in [6, 6.07) is 5.02. The van der Waals surface area contributed by atoms with Gasteiger partial charge in [0.2, 0.25) is 0 Å². The second kappa shape index (κ2) is 6.30. The number of ether oxygens (including phenoxy) is 1. The summed E-state index contributed by atoms with van der Waals surface area (Å²) in [5.41, 5.74) is 0.392. The summed E-state index contributed by atoms with van der Waals surface area (Å²) in [4.78, 5) is 0. The largest absolute Gasteiger partial charge is 0.504 e. The maximum atomic E-state index is 10.7. The van der Waals surface area contributed by atoms with Crippen LogP contribution in [0.5, 0.6) is 11.5 Å². The van der Waals surface area contributed by atoms with Crippen molar-refractivity contribution in [2.75, 3.05) is 6.61 Å².